The highest BCUT2D eigenvalue weighted by Gasteiger charge is 2.46. The average Bonchev–Trinajstić information content (AvgIpc) is 3.18. The maximum Gasteiger partial charge on any atom is 0.409 e. The van der Waals surface area contributed by atoms with E-state index in [0.717, 1.165) is 28.3 Å². The number of aromatic nitrogens is 2. The van der Waals surface area contributed by atoms with E-state index in [2.05, 4.69) is 15.6 Å². The summed E-state index contributed by atoms with van der Waals surface area (Å²) in [5, 5.41) is 5.73. The third-order valence-corrected chi connectivity index (χ3v) is 5.26. The summed E-state index contributed by atoms with van der Waals surface area (Å²) in [7, 11) is 0. The first kappa shape index (κ1) is 20.0. The molecule has 156 valence electrons. The Morgan fingerprint density at radius 3 is 2.50 bits per heavy atom. The van der Waals surface area contributed by atoms with E-state index in [-0.39, 0.29) is 18.1 Å². The molecule has 0 fully saturated rings. The molecule has 2 heterocycles. The average molecular weight is 414 g/mol. The van der Waals surface area contributed by atoms with Gasteiger partial charge in [0, 0.05) is 18.3 Å². The summed E-state index contributed by atoms with van der Waals surface area (Å²) in [5.41, 5.74) is 2.35. The molecule has 4 rings (SSSR count). The molecule has 1 aliphatic heterocycles. The van der Waals surface area contributed by atoms with Gasteiger partial charge in [0.15, 0.2) is 0 Å². The van der Waals surface area contributed by atoms with Gasteiger partial charge >= 0.3 is 6.18 Å². The zero-order chi connectivity index (χ0) is 21.3. The van der Waals surface area contributed by atoms with Crippen molar-refractivity contribution >= 4 is 17.5 Å². The zero-order valence-electron chi connectivity index (χ0n) is 16.3. The molecule has 0 spiro atoms. The lowest BCUT2D eigenvalue weighted by Crippen LogP contribution is -2.34. The molecule has 8 heteroatoms. The van der Waals surface area contributed by atoms with E-state index in [9.17, 15) is 18.0 Å². The van der Waals surface area contributed by atoms with Crippen molar-refractivity contribution in [3.63, 3.8) is 0 Å². The van der Waals surface area contributed by atoms with Crippen LogP contribution in [0.15, 0.2) is 60.8 Å². The number of benzene rings is 2. The van der Waals surface area contributed by atoms with Crippen LogP contribution in [0.1, 0.15) is 47.0 Å². The van der Waals surface area contributed by atoms with E-state index in [1.54, 1.807) is 36.4 Å². The molecule has 3 aromatic rings. The van der Waals surface area contributed by atoms with Crippen LogP contribution in [0.5, 0.6) is 0 Å². The molecule has 0 aliphatic carbocycles. The van der Waals surface area contributed by atoms with E-state index in [0.29, 0.717) is 5.69 Å². The summed E-state index contributed by atoms with van der Waals surface area (Å²) >= 11 is 0. The van der Waals surface area contributed by atoms with Gasteiger partial charge in [0.05, 0.1) is 6.04 Å². The number of amides is 1. The first-order valence-electron chi connectivity index (χ1n) is 9.72. The van der Waals surface area contributed by atoms with Crippen molar-refractivity contribution in [1.29, 1.82) is 0 Å². The zero-order valence-corrected chi connectivity index (χ0v) is 16.3. The number of aryl methyl sites for hydroxylation is 1. The molecular weight excluding hydrogens is 393 g/mol. The second kappa shape index (κ2) is 7.85. The molecule has 5 nitrogen and oxygen atoms in total. The van der Waals surface area contributed by atoms with E-state index in [4.69, 9.17) is 0 Å². The Labute approximate surface area is 171 Å². The van der Waals surface area contributed by atoms with Gasteiger partial charge in [0.25, 0.3) is 5.91 Å². The third kappa shape index (κ3) is 4.03. The minimum absolute atomic E-state index is 0.0314. The van der Waals surface area contributed by atoms with Crippen molar-refractivity contribution in [3.05, 3.63) is 77.6 Å². The highest BCUT2D eigenvalue weighted by atomic mass is 19.4. The van der Waals surface area contributed by atoms with Gasteiger partial charge in [-0.3, -0.25) is 4.79 Å². The normalized spacial score (nSPS) is 18.4. The van der Waals surface area contributed by atoms with Gasteiger partial charge < -0.3 is 15.2 Å². The van der Waals surface area contributed by atoms with E-state index in [1.165, 1.54) is 0 Å². The molecule has 1 aliphatic rings. The lowest BCUT2D eigenvalue weighted by molar-refractivity contribution is -0.171. The summed E-state index contributed by atoms with van der Waals surface area (Å²) in [6.45, 7) is 2.02. The second-order valence-electron chi connectivity index (χ2n) is 7.26. The van der Waals surface area contributed by atoms with Crippen LogP contribution >= 0.6 is 0 Å². The van der Waals surface area contributed by atoms with E-state index in [1.807, 2.05) is 25.1 Å². The fourth-order valence-corrected chi connectivity index (χ4v) is 3.61. The first-order chi connectivity index (χ1) is 14.3. The van der Waals surface area contributed by atoms with Gasteiger partial charge in [-0.25, -0.2) is 4.98 Å². The van der Waals surface area contributed by atoms with Gasteiger partial charge in [-0.1, -0.05) is 49.4 Å². The van der Waals surface area contributed by atoms with E-state index < -0.39 is 24.2 Å². The summed E-state index contributed by atoms with van der Waals surface area (Å²) in [5.74, 6) is -0.524. The number of alkyl halides is 3. The van der Waals surface area contributed by atoms with Crippen molar-refractivity contribution in [1.82, 2.24) is 9.55 Å². The van der Waals surface area contributed by atoms with E-state index >= 15 is 0 Å². The highest BCUT2D eigenvalue weighted by molar-refractivity contribution is 6.03. The van der Waals surface area contributed by atoms with Crippen molar-refractivity contribution in [2.45, 2.75) is 38.0 Å². The Morgan fingerprint density at radius 1 is 1.17 bits per heavy atom. The van der Waals surface area contributed by atoms with Gasteiger partial charge in [-0.2, -0.15) is 13.2 Å². The number of hydrogen-bond donors (Lipinski definition) is 2. The smallest absolute Gasteiger partial charge is 0.349 e. The Balaban J connectivity index is 1.61. The lowest BCUT2D eigenvalue weighted by atomic mass is 9.97. The number of carbonyl (C=O) groups is 1. The monoisotopic (exact) mass is 414 g/mol. The van der Waals surface area contributed by atoms with Crippen molar-refractivity contribution in [2.75, 3.05) is 10.6 Å². The van der Waals surface area contributed by atoms with Crippen LogP contribution in [0.3, 0.4) is 0 Å². The van der Waals surface area contributed by atoms with Gasteiger partial charge in [0.1, 0.15) is 11.7 Å². The summed E-state index contributed by atoms with van der Waals surface area (Å²) < 4.78 is 42.3. The second-order valence-corrected chi connectivity index (χ2v) is 7.26. The molecule has 30 heavy (non-hydrogen) atoms. The van der Waals surface area contributed by atoms with Crippen molar-refractivity contribution in [2.24, 2.45) is 0 Å². The Kier molecular flexibility index (Phi) is 5.24. The standard InChI is InChI=1S/C22H21F3N4O/c1-2-14-8-10-16(11-9-14)26-20(30)18-13-29-19(22(23,24)25)12-17(27-21(29)28-18)15-6-4-3-5-7-15/h3-11,13,17,19H,2,12H2,1H3,(H,26,30)(H,27,28)/t17-,19-/m0/s1. The van der Waals surface area contributed by atoms with Gasteiger partial charge in [-0.15, -0.1) is 0 Å². The van der Waals surface area contributed by atoms with Crippen LogP contribution in [0.2, 0.25) is 0 Å². The quantitative estimate of drug-likeness (QED) is 0.604. The number of rotatable bonds is 4. The number of halogens is 3. The number of fused-ring (bicyclic) bond motifs is 1. The summed E-state index contributed by atoms with van der Waals surface area (Å²) in [6, 6.07) is 13.9. The van der Waals surface area contributed by atoms with Crippen LogP contribution in [0.25, 0.3) is 0 Å². The van der Waals surface area contributed by atoms with Crippen molar-refractivity contribution < 1.29 is 18.0 Å². The fraction of sp³-hybridized carbons (Fsp3) is 0.273. The van der Waals surface area contributed by atoms with Gasteiger partial charge in [-0.05, 0) is 29.7 Å². The molecular formula is C22H21F3N4O. The molecule has 0 saturated heterocycles. The molecule has 0 unspecified atom stereocenters. The third-order valence-electron chi connectivity index (χ3n) is 5.26. The molecule has 1 aromatic heterocycles. The predicted molar refractivity (Wildman–Crippen MR) is 109 cm³/mol. The lowest BCUT2D eigenvalue weighted by Gasteiger charge is -2.33. The minimum atomic E-state index is -4.46. The predicted octanol–water partition coefficient (Wildman–Crippen LogP) is 5.36. The molecule has 0 radical (unpaired) electrons. The highest BCUT2D eigenvalue weighted by Crippen LogP contribution is 2.43. The molecule has 2 N–H and O–H groups in total. The maximum atomic E-state index is 13.8. The Hall–Kier alpha value is -3.29. The molecule has 0 bridgehead atoms. The molecule has 2 aromatic carbocycles. The molecule has 0 saturated carbocycles. The SMILES string of the molecule is CCc1ccc(NC(=O)c2cn3c(n2)N[C@H](c2ccccc2)C[C@H]3C(F)(F)F)cc1. The topological polar surface area (TPSA) is 59.0 Å². The summed E-state index contributed by atoms with van der Waals surface area (Å²) in [6.07, 6.45) is -2.61. The Bertz CT molecular complexity index is 1030. The number of nitrogens with one attached hydrogen (secondary N) is 2. The first-order valence-corrected chi connectivity index (χ1v) is 9.72. The molecule has 1 amide bonds. The van der Waals surface area contributed by atoms with Crippen LogP contribution < -0.4 is 10.6 Å². The van der Waals surface area contributed by atoms with Gasteiger partial charge in [0.2, 0.25) is 5.95 Å². The van der Waals surface area contributed by atoms with Crippen molar-refractivity contribution in [3.8, 4) is 0 Å². The van der Waals surface area contributed by atoms with Crippen LogP contribution in [0.4, 0.5) is 24.8 Å². The van der Waals surface area contributed by atoms with Crippen LogP contribution in [-0.2, 0) is 6.42 Å². The van der Waals surface area contributed by atoms with Crippen LogP contribution in [-0.4, -0.2) is 21.6 Å². The Morgan fingerprint density at radius 2 is 1.87 bits per heavy atom. The number of anilines is 2. The number of hydrogen-bond acceptors (Lipinski definition) is 3. The number of nitrogens with zero attached hydrogens (tertiary/aromatic N) is 2. The maximum absolute atomic E-state index is 13.8. The fourth-order valence-electron chi connectivity index (χ4n) is 3.61. The summed E-state index contributed by atoms with van der Waals surface area (Å²) in [4.78, 5) is 16.8. The molecule has 2 atom stereocenters. The number of imidazole rings is 1. The van der Waals surface area contributed by atoms with Crippen LogP contribution in [0, 0.1) is 0 Å². The largest absolute Gasteiger partial charge is 0.409 e. The minimum Gasteiger partial charge on any atom is -0.349 e. The number of carbonyl (C=O) groups excluding carboxylic acids is 1.